The zero-order valence-electron chi connectivity index (χ0n) is 20.1. The molecule has 5 aromatic rings. The van der Waals surface area contributed by atoms with Gasteiger partial charge in [-0.15, -0.1) is 0 Å². The van der Waals surface area contributed by atoms with Gasteiger partial charge in [-0.2, -0.15) is 14.6 Å². The molecule has 0 aliphatic carbocycles. The van der Waals surface area contributed by atoms with Crippen molar-refractivity contribution >= 4 is 38.2 Å². The highest BCUT2D eigenvalue weighted by atomic mass is 32.2. The number of hydrogen-bond donors (Lipinski definition) is 1. The number of anilines is 2. The van der Waals surface area contributed by atoms with Gasteiger partial charge in [0.15, 0.2) is 21.2 Å². The first-order chi connectivity index (χ1) is 17.8. The van der Waals surface area contributed by atoms with E-state index in [0.717, 1.165) is 37.5 Å². The lowest BCUT2D eigenvalue weighted by Gasteiger charge is -2.36. The van der Waals surface area contributed by atoms with Gasteiger partial charge < -0.3 is 19.6 Å². The number of fused-ring (bicyclic) bond motifs is 3. The molecule has 2 N–H and O–H groups in total. The highest BCUT2D eigenvalue weighted by molar-refractivity contribution is 7.90. The third-order valence-electron chi connectivity index (χ3n) is 6.69. The van der Waals surface area contributed by atoms with E-state index in [-0.39, 0.29) is 10.8 Å². The summed E-state index contributed by atoms with van der Waals surface area (Å²) in [7, 11) is -3.45. The number of nitrogens with two attached hydrogens (primary N) is 1. The second-order valence-corrected chi connectivity index (χ2v) is 11.1. The second kappa shape index (κ2) is 8.85. The Morgan fingerprint density at radius 3 is 2.62 bits per heavy atom. The molecule has 5 heterocycles. The summed E-state index contributed by atoms with van der Waals surface area (Å²) in [5, 5.41) is 4.51. The van der Waals surface area contributed by atoms with Gasteiger partial charge in [0.25, 0.3) is 0 Å². The van der Waals surface area contributed by atoms with Gasteiger partial charge in [-0.3, -0.25) is 4.90 Å². The standard InChI is InChI=1S/C24H25FN8O3S/c1-37(34,35)16-4-5-19(17(25)13-16)31-9-6-30(7-10-31)8-11-32-15-27-22-20-14-18(21-3-2-12-36-21)29-33(20)24(26)28-23(22)32/h2-5,12-15H,6-11H2,1H3,(H2,26,28). The summed E-state index contributed by atoms with van der Waals surface area (Å²) in [4.78, 5) is 13.3. The van der Waals surface area contributed by atoms with Crippen molar-refractivity contribution in [3.8, 4) is 11.5 Å². The zero-order chi connectivity index (χ0) is 25.7. The van der Waals surface area contributed by atoms with Crippen molar-refractivity contribution < 1.29 is 17.2 Å². The van der Waals surface area contributed by atoms with Crippen molar-refractivity contribution in [2.45, 2.75) is 11.4 Å². The number of rotatable bonds is 6. The third kappa shape index (κ3) is 4.29. The van der Waals surface area contributed by atoms with Crippen LogP contribution >= 0.6 is 0 Å². The molecule has 0 spiro atoms. The number of furan rings is 1. The Morgan fingerprint density at radius 1 is 1.11 bits per heavy atom. The van der Waals surface area contributed by atoms with E-state index in [1.807, 2.05) is 21.6 Å². The summed E-state index contributed by atoms with van der Waals surface area (Å²) in [5.74, 6) is 0.381. The van der Waals surface area contributed by atoms with Crippen molar-refractivity contribution in [2.75, 3.05) is 49.6 Å². The first-order valence-electron chi connectivity index (χ1n) is 11.8. The molecule has 0 unspecified atom stereocenters. The van der Waals surface area contributed by atoms with Crippen LogP contribution < -0.4 is 10.6 Å². The second-order valence-electron chi connectivity index (χ2n) is 9.10. The number of halogens is 1. The smallest absolute Gasteiger partial charge is 0.223 e. The highest BCUT2D eigenvalue weighted by Gasteiger charge is 2.22. The van der Waals surface area contributed by atoms with Crippen LogP contribution in [0.4, 0.5) is 16.0 Å². The minimum atomic E-state index is -3.45. The third-order valence-corrected chi connectivity index (χ3v) is 7.80. The Morgan fingerprint density at radius 2 is 1.92 bits per heavy atom. The highest BCUT2D eigenvalue weighted by Crippen LogP contribution is 2.27. The maximum atomic E-state index is 14.6. The largest absolute Gasteiger partial charge is 0.463 e. The number of aromatic nitrogens is 5. The number of sulfone groups is 1. The minimum Gasteiger partial charge on any atom is -0.463 e. The van der Waals surface area contributed by atoms with Crippen molar-refractivity contribution in [1.82, 2.24) is 29.0 Å². The van der Waals surface area contributed by atoms with Gasteiger partial charge in [0.05, 0.1) is 23.2 Å². The normalized spacial score (nSPS) is 15.2. The quantitative estimate of drug-likeness (QED) is 0.356. The van der Waals surface area contributed by atoms with E-state index in [1.165, 1.54) is 6.07 Å². The van der Waals surface area contributed by atoms with Crippen LogP contribution in [0.2, 0.25) is 0 Å². The Bertz CT molecular complexity index is 1700. The predicted octanol–water partition coefficient (Wildman–Crippen LogP) is 2.29. The van der Waals surface area contributed by atoms with Gasteiger partial charge in [0, 0.05) is 45.5 Å². The van der Waals surface area contributed by atoms with Crippen molar-refractivity contribution in [3.63, 3.8) is 0 Å². The molecule has 1 aliphatic heterocycles. The minimum absolute atomic E-state index is 0.0143. The van der Waals surface area contributed by atoms with E-state index in [4.69, 9.17) is 10.2 Å². The summed E-state index contributed by atoms with van der Waals surface area (Å²) in [5.41, 5.74) is 9.43. The number of nitrogen functional groups attached to an aromatic ring is 1. The number of benzene rings is 1. The van der Waals surface area contributed by atoms with E-state index in [9.17, 15) is 12.8 Å². The summed E-state index contributed by atoms with van der Waals surface area (Å²) in [6.45, 7) is 4.19. The average Bonchev–Trinajstić information content (AvgIpc) is 3.62. The topological polar surface area (TPSA) is 128 Å². The molecule has 1 aromatic carbocycles. The monoisotopic (exact) mass is 524 g/mol. The Labute approximate surface area is 211 Å². The van der Waals surface area contributed by atoms with Crippen LogP contribution in [0.5, 0.6) is 0 Å². The molecular weight excluding hydrogens is 499 g/mol. The van der Waals surface area contributed by atoms with E-state index in [2.05, 4.69) is 20.0 Å². The van der Waals surface area contributed by atoms with Gasteiger partial charge in [-0.05, 0) is 36.4 Å². The molecule has 11 nitrogen and oxygen atoms in total. The number of hydrogen-bond acceptors (Lipinski definition) is 9. The Balaban J connectivity index is 1.14. The molecule has 1 saturated heterocycles. The molecular formula is C24H25FN8O3S. The maximum absolute atomic E-state index is 14.6. The van der Waals surface area contributed by atoms with Crippen LogP contribution in [-0.4, -0.2) is 76.4 Å². The van der Waals surface area contributed by atoms with Crippen molar-refractivity contribution in [1.29, 1.82) is 0 Å². The SMILES string of the molecule is CS(=O)(=O)c1ccc(N2CCN(CCn3cnc4c3nc(N)n3nc(-c5ccco5)cc43)CC2)c(F)c1. The average molecular weight is 525 g/mol. The van der Waals surface area contributed by atoms with Crippen molar-refractivity contribution in [3.05, 3.63) is 54.8 Å². The van der Waals surface area contributed by atoms with Crippen LogP contribution in [0, 0.1) is 5.82 Å². The number of nitrogens with zero attached hydrogens (tertiary/aromatic N) is 7. The fourth-order valence-electron chi connectivity index (χ4n) is 4.70. The molecule has 4 aromatic heterocycles. The van der Waals surface area contributed by atoms with Crippen molar-refractivity contribution in [2.24, 2.45) is 0 Å². The molecule has 1 fully saturated rings. The van der Waals surface area contributed by atoms with Gasteiger partial charge in [-0.1, -0.05) is 0 Å². The van der Waals surface area contributed by atoms with Crippen LogP contribution in [0.1, 0.15) is 0 Å². The molecule has 0 radical (unpaired) electrons. The summed E-state index contributed by atoms with van der Waals surface area (Å²) < 4.78 is 47.0. The fraction of sp³-hybridized carbons (Fsp3) is 0.292. The molecule has 192 valence electrons. The molecule has 0 bridgehead atoms. The molecule has 6 rings (SSSR count). The van der Waals surface area contributed by atoms with Crippen LogP contribution in [0.3, 0.4) is 0 Å². The van der Waals surface area contributed by atoms with Crippen LogP contribution in [0.25, 0.3) is 28.1 Å². The van der Waals surface area contributed by atoms with E-state index in [1.54, 1.807) is 29.2 Å². The Kier molecular flexibility index (Phi) is 5.60. The molecule has 0 saturated carbocycles. The fourth-order valence-corrected chi connectivity index (χ4v) is 5.33. The predicted molar refractivity (Wildman–Crippen MR) is 137 cm³/mol. The molecule has 37 heavy (non-hydrogen) atoms. The molecule has 1 aliphatic rings. The van der Waals surface area contributed by atoms with Crippen LogP contribution in [0.15, 0.2) is 58.3 Å². The van der Waals surface area contributed by atoms with E-state index < -0.39 is 15.7 Å². The van der Waals surface area contributed by atoms with Crippen LogP contribution in [-0.2, 0) is 16.4 Å². The Hall–Kier alpha value is -3.97. The number of piperazine rings is 1. The van der Waals surface area contributed by atoms with Gasteiger partial charge in [0.2, 0.25) is 5.95 Å². The van der Waals surface area contributed by atoms with E-state index in [0.29, 0.717) is 47.9 Å². The molecule has 0 amide bonds. The lowest BCUT2D eigenvalue weighted by atomic mass is 10.2. The van der Waals surface area contributed by atoms with Gasteiger partial charge >= 0.3 is 0 Å². The summed E-state index contributed by atoms with van der Waals surface area (Å²) in [6, 6.07) is 9.62. The summed E-state index contributed by atoms with van der Waals surface area (Å²) >= 11 is 0. The molecule has 0 atom stereocenters. The zero-order valence-corrected chi connectivity index (χ0v) is 20.9. The lowest BCUT2D eigenvalue weighted by molar-refractivity contribution is 0.248. The summed E-state index contributed by atoms with van der Waals surface area (Å²) in [6.07, 6.45) is 4.42. The number of imidazole rings is 1. The lowest BCUT2D eigenvalue weighted by Crippen LogP contribution is -2.47. The first-order valence-corrected chi connectivity index (χ1v) is 13.7. The first kappa shape index (κ1) is 23.4. The maximum Gasteiger partial charge on any atom is 0.223 e. The van der Waals surface area contributed by atoms with E-state index >= 15 is 0 Å². The van der Waals surface area contributed by atoms with Gasteiger partial charge in [-0.25, -0.2) is 17.8 Å². The molecule has 13 heteroatoms. The van der Waals surface area contributed by atoms with Gasteiger partial charge in [0.1, 0.15) is 22.5 Å².